The minimum absolute atomic E-state index is 0.0163. The number of ketones is 1. The molecule has 0 aliphatic rings. The molecule has 0 unspecified atom stereocenters. The van der Waals surface area contributed by atoms with Crippen LogP contribution in [0.1, 0.15) is 12.5 Å². The Morgan fingerprint density at radius 3 is 2.29 bits per heavy atom. The van der Waals surface area contributed by atoms with Crippen molar-refractivity contribution >= 4 is 17.5 Å². The summed E-state index contributed by atoms with van der Waals surface area (Å²) in [5.41, 5.74) is 2.06. The molecule has 0 aliphatic carbocycles. The number of benzene rings is 1. The van der Waals surface area contributed by atoms with Crippen LogP contribution in [0.5, 0.6) is 0 Å². The maximum atomic E-state index is 11.3. The Kier molecular flexibility index (Phi) is 4.52. The predicted octanol–water partition coefficient (Wildman–Crippen LogP) is 2.80. The van der Waals surface area contributed by atoms with Gasteiger partial charge in [0, 0.05) is 25.9 Å². The molecule has 17 heavy (non-hydrogen) atoms. The highest BCUT2D eigenvalue weighted by molar-refractivity contribution is 6.02. The molecule has 3 heteroatoms. The lowest BCUT2D eigenvalue weighted by Crippen LogP contribution is -2.07. The smallest absolute Gasteiger partial charge is 0.181 e. The fourth-order valence-corrected chi connectivity index (χ4v) is 1.32. The van der Waals surface area contributed by atoms with Crippen molar-refractivity contribution in [2.75, 3.05) is 19.0 Å². The molecule has 0 amide bonds. The Morgan fingerprint density at radius 1 is 1.24 bits per heavy atom. The van der Waals surface area contributed by atoms with E-state index >= 15 is 0 Å². The molecule has 1 aromatic rings. The Morgan fingerprint density at radius 2 is 1.82 bits per heavy atom. The average Bonchev–Trinajstić information content (AvgIpc) is 2.26. The summed E-state index contributed by atoms with van der Waals surface area (Å²) in [6, 6.07) is 7.85. The van der Waals surface area contributed by atoms with E-state index in [2.05, 4.69) is 0 Å². The molecule has 0 aliphatic heterocycles. The van der Waals surface area contributed by atoms with Crippen LogP contribution >= 0.6 is 0 Å². The van der Waals surface area contributed by atoms with E-state index in [9.17, 15) is 4.79 Å². The van der Waals surface area contributed by atoms with Gasteiger partial charge in [-0.1, -0.05) is 18.2 Å². The monoisotopic (exact) mass is 231 g/mol. The molecular formula is C14H17NO2. The largest absolute Gasteiger partial charge is 0.512 e. The topological polar surface area (TPSA) is 40.5 Å². The van der Waals surface area contributed by atoms with Crippen LogP contribution in [0.25, 0.3) is 6.08 Å². The highest BCUT2D eigenvalue weighted by Gasteiger charge is 1.95. The summed E-state index contributed by atoms with van der Waals surface area (Å²) in [6.45, 7) is 1.47. The third-order valence-corrected chi connectivity index (χ3v) is 2.20. The summed E-state index contributed by atoms with van der Waals surface area (Å²) in [5, 5.41) is 8.92. The quantitative estimate of drug-likeness (QED) is 0.640. The lowest BCUT2D eigenvalue weighted by molar-refractivity contribution is -0.110. The van der Waals surface area contributed by atoms with Crippen molar-refractivity contribution in [3.05, 3.63) is 47.7 Å². The summed E-state index contributed by atoms with van der Waals surface area (Å²) in [4.78, 5) is 13.3. The van der Waals surface area contributed by atoms with Gasteiger partial charge in [-0.25, -0.2) is 0 Å². The molecular weight excluding hydrogens is 214 g/mol. The first-order valence-corrected chi connectivity index (χ1v) is 5.36. The van der Waals surface area contributed by atoms with Crippen molar-refractivity contribution in [3.8, 4) is 0 Å². The van der Waals surface area contributed by atoms with Gasteiger partial charge in [0.15, 0.2) is 5.78 Å². The van der Waals surface area contributed by atoms with Crippen LogP contribution in [0.15, 0.2) is 42.2 Å². The van der Waals surface area contributed by atoms with Crippen molar-refractivity contribution in [3.63, 3.8) is 0 Å². The third kappa shape index (κ3) is 4.55. The van der Waals surface area contributed by atoms with E-state index in [4.69, 9.17) is 5.11 Å². The summed E-state index contributed by atoms with van der Waals surface area (Å²) in [7, 11) is 3.95. The first kappa shape index (κ1) is 13.0. The second-order valence-corrected chi connectivity index (χ2v) is 4.01. The second kappa shape index (κ2) is 5.89. The molecule has 0 radical (unpaired) electrons. The van der Waals surface area contributed by atoms with Crippen LogP contribution in [0.3, 0.4) is 0 Å². The standard InChI is InChI=1S/C14H17NO2/c1-11(16)10-14(17)9-6-12-4-7-13(8-5-12)15(2)3/h4-10,16H,1-3H3. The van der Waals surface area contributed by atoms with Gasteiger partial charge in [0.25, 0.3) is 0 Å². The van der Waals surface area contributed by atoms with Gasteiger partial charge < -0.3 is 10.0 Å². The number of anilines is 1. The molecule has 3 nitrogen and oxygen atoms in total. The molecule has 0 atom stereocenters. The van der Waals surface area contributed by atoms with Gasteiger partial charge >= 0.3 is 0 Å². The van der Waals surface area contributed by atoms with Gasteiger partial charge in [0.2, 0.25) is 0 Å². The number of hydrogen-bond donors (Lipinski definition) is 1. The van der Waals surface area contributed by atoms with Gasteiger partial charge in [-0.3, -0.25) is 4.79 Å². The SMILES string of the molecule is CC(O)=CC(=O)C=Cc1ccc(N(C)C)cc1. The van der Waals surface area contributed by atoms with Gasteiger partial charge in [0.05, 0.1) is 5.76 Å². The van der Waals surface area contributed by atoms with Gasteiger partial charge in [-0.2, -0.15) is 0 Å². The van der Waals surface area contributed by atoms with Crippen LogP contribution in [0.2, 0.25) is 0 Å². The van der Waals surface area contributed by atoms with Crippen LogP contribution in [0.4, 0.5) is 5.69 Å². The number of aliphatic hydroxyl groups excluding tert-OH is 1. The third-order valence-electron chi connectivity index (χ3n) is 2.20. The molecule has 0 saturated heterocycles. The van der Waals surface area contributed by atoms with Crippen molar-refractivity contribution in [2.45, 2.75) is 6.92 Å². The maximum Gasteiger partial charge on any atom is 0.181 e. The average molecular weight is 231 g/mol. The van der Waals surface area contributed by atoms with E-state index in [0.717, 1.165) is 11.3 Å². The lowest BCUT2D eigenvalue weighted by atomic mass is 10.1. The number of aliphatic hydroxyl groups is 1. The number of allylic oxidation sites excluding steroid dienone is 3. The number of nitrogens with zero attached hydrogens (tertiary/aromatic N) is 1. The molecule has 0 aromatic heterocycles. The summed E-state index contributed by atoms with van der Waals surface area (Å²) >= 11 is 0. The molecule has 1 rings (SSSR count). The Balaban J connectivity index is 2.73. The molecule has 0 heterocycles. The highest BCUT2D eigenvalue weighted by atomic mass is 16.3. The first-order valence-electron chi connectivity index (χ1n) is 5.36. The van der Waals surface area contributed by atoms with Crippen molar-refractivity contribution in [1.29, 1.82) is 0 Å². The zero-order valence-corrected chi connectivity index (χ0v) is 10.3. The van der Waals surface area contributed by atoms with E-state index in [-0.39, 0.29) is 11.5 Å². The van der Waals surface area contributed by atoms with E-state index < -0.39 is 0 Å². The van der Waals surface area contributed by atoms with Gasteiger partial charge in [-0.15, -0.1) is 0 Å². The van der Waals surface area contributed by atoms with E-state index in [1.807, 2.05) is 43.3 Å². The van der Waals surface area contributed by atoms with Crippen molar-refractivity contribution < 1.29 is 9.90 Å². The van der Waals surface area contributed by atoms with Gasteiger partial charge in [0.1, 0.15) is 0 Å². The zero-order valence-electron chi connectivity index (χ0n) is 10.3. The Bertz CT molecular complexity index is 438. The summed E-state index contributed by atoms with van der Waals surface area (Å²) in [6.07, 6.45) is 4.34. The second-order valence-electron chi connectivity index (χ2n) is 4.01. The van der Waals surface area contributed by atoms with Crippen molar-refractivity contribution in [1.82, 2.24) is 0 Å². The van der Waals surface area contributed by atoms with Crippen LogP contribution < -0.4 is 4.90 Å². The molecule has 0 spiro atoms. The molecule has 1 aromatic carbocycles. The van der Waals surface area contributed by atoms with E-state index in [1.54, 1.807) is 6.08 Å². The molecule has 0 bridgehead atoms. The molecule has 1 N–H and O–H groups in total. The van der Waals surface area contributed by atoms with E-state index in [0.29, 0.717) is 0 Å². The summed E-state index contributed by atoms with van der Waals surface area (Å²) in [5.74, 6) is -0.204. The fraction of sp³-hybridized carbons (Fsp3) is 0.214. The van der Waals surface area contributed by atoms with Gasteiger partial charge in [-0.05, 0) is 30.7 Å². The molecule has 0 saturated carbocycles. The zero-order chi connectivity index (χ0) is 12.8. The molecule has 90 valence electrons. The summed E-state index contributed by atoms with van der Waals surface area (Å²) < 4.78 is 0. The van der Waals surface area contributed by atoms with Crippen LogP contribution in [0, 0.1) is 0 Å². The fourth-order valence-electron chi connectivity index (χ4n) is 1.32. The lowest BCUT2D eigenvalue weighted by Gasteiger charge is -2.11. The Labute approximate surface area is 102 Å². The normalized spacial score (nSPS) is 11.8. The number of carbonyl (C=O) groups excluding carboxylic acids is 1. The number of carbonyl (C=O) groups is 1. The number of rotatable bonds is 4. The first-order chi connectivity index (χ1) is 7.99. The van der Waals surface area contributed by atoms with Crippen LogP contribution in [-0.2, 0) is 4.79 Å². The van der Waals surface area contributed by atoms with Crippen molar-refractivity contribution in [2.24, 2.45) is 0 Å². The minimum atomic E-state index is -0.221. The molecule has 0 fully saturated rings. The van der Waals surface area contributed by atoms with E-state index in [1.165, 1.54) is 19.1 Å². The highest BCUT2D eigenvalue weighted by Crippen LogP contribution is 2.13. The number of hydrogen-bond acceptors (Lipinski definition) is 3. The van der Waals surface area contributed by atoms with Crippen LogP contribution in [-0.4, -0.2) is 25.0 Å². The predicted molar refractivity (Wildman–Crippen MR) is 71.2 cm³/mol. The maximum absolute atomic E-state index is 11.3. The Hall–Kier alpha value is -2.03. The minimum Gasteiger partial charge on any atom is -0.512 e.